The number of carbonyl (C=O) groups excluding carboxylic acids is 1. The summed E-state index contributed by atoms with van der Waals surface area (Å²) >= 11 is 5.92. The summed E-state index contributed by atoms with van der Waals surface area (Å²) in [6.45, 7) is 5.08. The third-order valence-corrected chi connectivity index (χ3v) is 4.52. The number of nitrogens with one attached hydrogen (secondary N) is 2. The van der Waals surface area contributed by atoms with Gasteiger partial charge in [0.2, 0.25) is 5.91 Å². The Morgan fingerprint density at radius 2 is 2.10 bits per heavy atom. The predicted octanol–water partition coefficient (Wildman–Crippen LogP) is 3.44. The van der Waals surface area contributed by atoms with Crippen LogP contribution in [-0.4, -0.2) is 18.0 Å². The first kappa shape index (κ1) is 15.3. The van der Waals surface area contributed by atoms with E-state index in [2.05, 4.69) is 24.5 Å². The second kappa shape index (κ2) is 6.59. The van der Waals surface area contributed by atoms with E-state index < -0.39 is 0 Å². The molecule has 3 nitrogen and oxygen atoms in total. The first-order valence-corrected chi connectivity index (χ1v) is 7.80. The topological polar surface area (TPSA) is 41.1 Å². The molecule has 1 aromatic rings. The summed E-state index contributed by atoms with van der Waals surface area (Å²) in [6, 6.07) is 7.75. The van der Waals surface area contributed by atoms with Crippen LogP contribution in [0.25, 0.3) is 0 Å². The Labute approximate surface area is 126 Å². The van der Waals surface area contributed by atoms with E-state index in [0.29, 0.717) is 0 Å². The van der Waals surface area contributed by atoms with Crippen LogP contribution >= 0.6 is 11.6 Å². The molecule has 0 saturated carbocycles. The van der Waals surface area contributed by atoms with Gasteiger partial charge < -0.3 is 10.6 Å². The summed E-state index contributed by atoms with van der Waals surface area (Å²) in [6.07, 6.45) is 3.69. The maximum Gasteiger partial charge on any atom is 0.240 e. The van der Waals surface area contributed by atoms with E-state index in [4.69, 9.17) is 11.6 Å². The quantitative estimate of drug-likeness (QED) is 0.873. The third-order valence-electron chi connectivity index (χ3n) is 4.27. The van der Waals surface area contributed by atoms with Crippen LogP contribution in [0.1, 0.15) is 51.1 Å². The zero-order valence-corrected chi connectivity index (χ0v) is 13.0. The number of carbonyl (C=O) groups is 1. The molecule has 1 heterocycles. The van der Waals surface area contributed by atoms with Gasteiger partial charge in [-0.1, -0.05) is 37.6 Å². The molecule has 1 aromatic carbocycles. The normalized spacial score (nSPS) is 23.6. The summed E-state index contributed by atoms with van der Waals surface area (Å²) in [5, 5.41) is 7.29. The highest BCUT2D eigenvalue weighted by Crippen LogP contribution is 2.26. The summed E-state index contributed by atoms with van der Waals surface area (Å²) in [5.41, 5.74) is 0.731. The molecule has 1 saturated heterocycles. The van der Waals surface area contributed by atoms with E-state index in [-0.39, 0.29) is 17.5 Å². The zero-order valence-electron chi connectivity index (χ0n) is 12.2. The number of halogens is 1. The molecule has 2 atom stereocenters. The molecular weight excluding hydrogens is 272 g/mol. The van der Waals surface area contributed by atoms with Crippen LogP contribution in [0.4, 0.5) is 0 Å². The van der Waals surface area contributed by atoms with E-state index >= 15 is 0 Å². The molecule has 0 radical (unpaired) electrons. The maximum atomic E-state index is 12.6. The van der Waals surface area contributed by atoms with Crippen molar-refractivity contribution in [1.82, 2.24) is 10.6 Å². The van der Waals surface area contributed by atoms with Gasteiger partial charge in [0, 0.05) is 5.02 Å². The molecule has 110 valence electrons. The average Bonchev–Trinajstić information content (AvgIpc) is 2.96. The van der Waals surface area contributed by atoms with Crippen molar-refractivity contribution in [2.24, 2.45) is 0 Å². The fourth-order valence-corrected chi connectivity index (χ4v) is 3.00. The van der Waals surface area contributed by atoms with E-state index in [1.165, 1.54) is 0 Å². The lowest BCUT2D eigenvalue weighted by Crippen LogP contribution is -2.53. The van der Waals surface area contributed by atoms with Crippen LogP contribution in [0, 0.1) is 0 Å². The van der Waals surface area contributed by atoms with E-state index in [9.17, 15) is 4.79 Å². The Morgan fingerprint density at radius 3 is 2.60 bits per heavy atom. The molecule has 1 amide bonds. The molecule has 4 heteroatoms. The minimum Gasteiger partial charge on any atom is -0.348 e. The molecule has 1 fully saturated rings. The number of rotatable bonds is 5. The molecule has 2 unspecified atom stereocenters. The predicted molar refractivity (Wildman–Crippen MR) is 82.9 cm³/mol. The van der Waals surface area contributed by atoms with Gasteiger partial charge in [0.15, 0.2) is 0 Å². The van der Waals surface area contributed by atoms with Crippen LogP contribution in [0.3, 0.4) is 0 Å². The van der Waals surface area contributed by atoms with E-state index in [0.717, 1.165) is 42.8 Å². The molecule has 0 aliphatic carbocycles. The number of amides is 1. The lowest BCUT2D eigenvalue weighted by atomic mass is 9.92. The van der Waals surface area contributed by atoms with Crippen molar-refractivity contribution in [3.05, 3.63) is 34.9 Å². The van der Waals surface area contributed by atoms with Crippen LogP contribution in [0.15, 0.2) is 24.3 Å². The smallest absolute Gasteiger partial charge is 0.240 e. The Bertz CT molecular complexity index is 452. The molecule has 0 aromatic heterocycles. The Kier molecular flexibility index (Phi) is 5.06. The van der Waals surface area contributed by atoms with Gasteiger partial charge in [0.05, 0.1) is 11.6 Å². The fraction of sp³-hybridized carbons (Fsp3) is 0.562. The maximum absolute atomic E-state index is 12.6. The first-order valence-electron chi connectivity index (χ1n) is 7.42. The van der Waals surface area contributed by atoms with E-state index in [1.807, 2.05) is 24.3 Å². The Hall–Kier alpha value is -1.06. The van der Waals surface area contributed by atoms with Gasteiger partial charge in [0.25, 0.3) is 0 Å². The highest BCUT2D eigenvalue weighted by molar-refractivity contribution is 6.30. The van der Waals surface area contributed by atoms with Crippen LogP contribution in [0.2, 0.25) is 5.02 Å². The lowest BCUT2D eigenvalue weighted by molar-refractivity contribution is -0.128. The number of hydrogen-bond donors (Lipinski definition) is 2. The molecule has 0 bridgehead atoms. The third kappa shape index (κ3) is 3.15. The SMILES string of the molecule is CCC(NC(=O)C1(CC)CCCN1)c1ccc(Cl)cc1. The highest BCUT2D eigenvalue weighted by atomic mass is 35.5. The summed E-state index contributed by atoms with van der Waals surface area (Å²) in [4.78, 5) is 12.6. The molecule has 20 heavy (non-hydrogen) atoms. The van der Waals surface area contributed by atoms with Gasteiger partial charge in [-0.15, -0.1) is 0 Å². The largest absolute Gasteiger partial charge is 0.348 e. The van der Waals surface area contributed by atoms with Crippen LogP contribution < -0.4 is 10.6 Å². The minimum absolute atomic E-state index is 0.0468. The van der Waals surface area contributed by atoms with Crippen LogP contribution in [0.5, 0.6) is 0 Å². The average molecular weight is 295 g/mol. The van der Waals surface area contributed by atoms with Crippen molar-refractivity contribution in [3.63, 3.8) is 0 Å². The standard InChI is InChI=1S/C16H23ClN2O/c1-3-14(12-6-8-13(17)9-7-12)19-15(20)16(4-2)10-5-11-18-16/h6-9,14,18H,3-5,10-11H2,1-2H3,(H,19,20). The molecule has 2 N–H and O–H groups in total. The summed E-state index contributed by atoms with van der Waals surface area (Å²) in [7, 11) is 0. The Morgan fingerprint density at radius 1 is 1.40 bits per heavy atom. The van der Waals surface area contributed by atoms with Gasteiger partial charge in [-0.25, -0.2) is 0 Å². The van der Waals surface area contributed by atoms with Gasteiger partial charge in [-0.05, 0) is 49.9 Å². The van der Waals surface area contributed by atoms with E-state index in [1.54, 1.807) is 0 Å². The number of benzene rings is 1. The minimum atomic E-state index is -0.375. The molecule has 2 rings (SSSR count). The molecule has 1 aliphatic rings. The molecule has 0 spiro atoms. The van der Waals surface area contributed by atoms with Gasteiger partial charge in [0.1, 0.15) is 0 Å². The van der Waals surface area contributed by atoms with Gasteiger partial charge in [-0.3, -0.25) is 4.79 Å². The van der Waals surface area contributed by atoms with Crippen molar-refractivity contribution >= 4 is 17.5 Å². The summed E-state index contributed by atoms with van der Waals surface area (Å²) < 4.78 is 0. The highest BCUT2D eigenvalue weighted by Gasteiger charge is 2.39. The van der Waals surface area contributed by atoms with Crippen molar-refractivity contribution < 1.29 is 4.79 Å². The van der Waals surface area contributed by atoms with Gasteiger partial charge >= 0.3 is 0 Å². The summed E-state index contributed by atoms with van der Waals surface area (Å²) in [5.74, 6) is 0.124. The van der Waals surface area contributed by atoms with Crippen LogP contribution in [-0.2, 0) is 4.79 Å². The first-order chi connectivity index (χ1) is 9.61. The second-order valence-electron chi connectivity index (χ2n) is 5.45. The van der Waals surface area contributed by atoms with Gasteiger partial charge in [-0.2, -0.15) is 0 Å². The monoisotopic (exact) mass is 294 g/mol. The zero-order chi connectivity index (χ0) is 14.6. The van der Waals surface area contributed by atoms with Crippen molar-refractivity contribution in [1.29, 1.82) is 0 Å². The lowest BCUT2D eigenvalue weighted by Gasteiger charge is -2.29. The Balaban J connectivity index is 2.09. The van der Waals surface area contributed by atoms with Crippen molar-refractivity contribution in [2.75, 3.05) is 6.54 Å². The number of hydrogen-bond acceptors (Lipinski definition) is 2. The molecular formula is C16H23ClN2O. The van der Waals surface area contributed by atoms with Crippen molar-refractivity contribution in [3.8, 4) is 0 Å². The fourth-order valence-electron chi connectivity index (χ4n) is 2.87. The molecule has 1 aliphatic heterocycles. The second-order valence-corrected chi connectivity index (χ2v) is 5.89. The van der Waals surface area contributed by atoms with Crippen molar-refractivity contribution in [2.45, 2.75) is 51.1 Å².